The Kier molecular flexibility index (Phi) is 8.93. The van der Waals surface area contributed by atoms with Gasteiger partial charge in [-0.1, -0.05) is 43.7 Å². The molecule has 3 aromatic rings. The SMILES string of the molecule is Cc1ccc(-c2cc(C(F)(F)F)nn2-c2ccc(S(=O)(=O)NC(=O)[C@@H]3CCN3/[N+]([O-])=N/OCOC(=O)C(C)C)cc2)cc1. The predicted octanol–water partition coefficient (Wildman–Crippen LogP) is 3.71. The lowest BCUT2D eigenvalue weighted by Crippen LogP contribution is -2.59. The van der Waals surface area contributed by atoms with Crippen LogP contribution in [0, 0.1) is 18.0 Å². The molecular formula is C26H27F3N6O7S. The Hall–Kier alpha value is -4.67. The zero-order chi connectivity index (χ0) is 31.5. The van der Waals surface area contributed by atoms with E-state index in [0.717, 1.165) is 33.5 Å². The fourth-order valence-corrected chi connectivity index (χ4v) is 4.90. The number of ether oxygens (including phenoxy) is 1. The number of benzene rings is 2. The van der Waals surface area contributed by atoms with Crippen LogP contribution in [0.25, 0.3) is 16.9 Å². The first-order chi connectivity index (χ1) is 20.2. The molecule has 0 aliphatic carbocycles. The Labute approximate surface area is 244 Å². The summed E-state index contributed by atoms with van der Waals surface area (Å²) in [5, 5.41) is 19.9. The molecule has 0 radical (unpaired) electrons. The number of aryl methyl sites for hydroxylation is 1. The van der Waals surface area contributed by atoms with E-state index in [9.17, 15) is 36.4 Å². The number of hydrogen-bond acceptors (Lipinski definition) is 9. The molecule has 4 rings (SSSR count). The van der Waals surface area contributed by atoms with Crippen LogP contribution in [0.15, 0.2) is 64.8 Å². The van der Waals surface area contributed by atoms with E-state index in [1.165, 1.54) is 12.1 Å². The summed E-state index contributed by atoms with van der Waals surface area (Å²) in [5.74, 6) is -2.01. The van der Waals surface area contributed by atoms with Crippen LogP contribution >= 0.6 is 0 Å². The van der Waals surface area contributed by atoms with Crippen LogP contribution in [0.4, 0.5) is 13.2 Å². The van der Waals surface area contributed by atoms with Gasteiger partial charge in [-0.25, -0.2) is 17.8 Å². The zero-order valence-electron chi connectivity index (χ0n) is 23.1. The van der Waals surface area contributed by atoms with Crippen molar-refractivity contribution in [2.75, 3.05) is 13.3 Å². The van der Waals surface area contributed by atoms with Gasteiger partial charge in [0.2, 0.25) is 5.28 Å². The molecule has 17 heteroatoms. The van der Waals surface area contributed by atoms with E-state index in [1.807, 2.05) is 11.6 Å². The van der Waals surface area contributed by atoms with E-state index < -0.39 is 52.5 Å². The van der Waals surface area contributed by atoms with Crippen molar-refractivity contribution >= 4 is 21.9 Å². The smallest absolute Gasteiger partial charge is 0.435 e. The molecule has 1 aromatic heterocycles. The third-order valence-corrected chi connectivity index (χ3v) is 7.70. The summed E-state index contributed by atoms with van der Waals surface area (Å²) < 4.78 is 73.8. The molecule has 1 saturated heterocycles. The normalized spacial score (nSPS) is 15.7. The molecule has 1 N–H and O–H groups in total. The van der Waals surface area contributed by atoms with Gasteiger partial charge in [-0.2, -0.15) is 18.3 Å². The number of amides is 1. The Morgan fingerprint density at radius 1 is 1.16 bits per heavy atom. The van der Waals surface area contributed by atoms with Gasteiger partial charge in [-0.3, -0.25) is 9.59 Å². The maximum absolute atomic E-state index is 13.5. The topological polar surface area (TPSA) is 158 Å². The van der Waals surface area contributed by atoms with Crippen molar-refractivity contribution in [3.63, 3.8) is 0 Å². The lowest BCUT2D eigenvalue weighted by Gasteiger charge is -2.33. The summed E-state index contributed by atoms with van der Waals surface area (Å²) in [6.45, 7) is 4.47. The van der Waals surface area contributed by atoms with Crippen LogP contribution in [0.1, 0.15) is 31.5 Å². The van der Waals surface area contributed by atoms with Crippen molar-refractivity contribution in [1.82, 2.24) is 19.5 Å². The first kappa shape index (κ1) is 31.3. The molecule has 1 aliphatic rings. The van der Waals surface area contributed by atoms with Crippen LogP contribution in [0.5, 0.6) is 0 Å². The van der Waals surface area contributed by atoms with Gasteiger partial charge in [0.05, 0.1) is 33.7 Å². The molecule has 0 unspecified atom stereocenters. The monoisotopic (exact) mass is 624 g/mol. The number of hydrazine groups is 1. The summed E-state index contributed by atoms with van der Waals surface area (Å²) in [5.41, 5.74) is 0.518. The Morgan fingerprint density at radius 3 is 2.37 bits per heavy atom. The molecule has 1 aliphatic heterocycles. The van der Waals surface area contributed by atoms with E-state index in [1.54, 1.807) is 38.1 Å². The highest BCUT2D eigenvalue weighted by atomic mass is 32.2. The minimum atomic E-state index is -4.71. The maximum atomic E-state index is 13.5. The summed E-state index contributed by atoms with van der Waals surface area (Å²) in [7, 11) is -4.43. The lowest BCUT2D eigenvalue weighted by atomic mass is 10.1. The zero-order valence-corrected chi connectivity index (χ0v) is 23.9. The fraction of sp³-hybridized carbons (Fsp3) is 0.346. The van der Waals surface area contributed by atoms with Crippen molar-refractivity contribution in [1.29, 1.82) is 0 Å². The van der Waals surface area contributed by atoms with Crippen molar-refractivity contribution in [3.05, 3.63) is 71.1 Å². The highest BCUT2D eigenvalue weighted by molar-refractivity contribution is 7.90. The predicted molar refractivity (Wildman–Crippen MR) is 142 cm³/mol. The molecule has 2 heterocycles. The fourth-order valence-electron chi connectivity index (χ4n) is 3.89. The Balaban J connectivity index is 1.46. The standard InChI is InChI=1S/C26H27F3N6O7S/c1-16(2)25(37)41-15-42-32-35(38)33-13-12-21(33)24(36)31-43(39,40)20-10-8-19(9-11-20)34-22(14-23(30-34)26(27,28)29)18-6-4-17(3)5-7-18/h4-11,14,16,21H,12-13,15H2,1-3H3,(H,31,36)/b35-32-/t21-/m0/s1. The number of sulfonamides is 1. The van der Waals surface area contributed by atoms with E-state index >= 15 is 0 Å². The van der Waals surface area contributed by atoms with Gasteiger partial charge in [0.25, 0.3) is 22.7 Å². The largest absolute Gasteiger partial charge is 0.569 e. The minimum absolute atomic E-state index is 0.0523. The first-order valence-electron chi connectivity index (χ1n) is 12.8. The van der Waals surface area contributed by atoms with Crippen LogP contribution in [0.2, 0.25) is 0 Å². The molecule has 230 valence electrons. The van der Waals surface area contributed by atoms with Gasteiger partial charge in [0.1, 0.15) is 0 Å². The molecular weight excluding hydrogens is 597 g/mol. The molecule has 13 nitrogen and oxygen atoms in total. The second-order valence-electron chi connectivity index (χ2n) is 9.82. The van der Waals surface area contributed by atoms with E-state index in [0.29, 0.717) is 5.56 Å². The number of esters is 1. The van der Waals surface area contributed by atoms with Gasteiger partial charge >= 0.3 is 12.1 Å². The Morgan fingerprint density at radius 2 is 1.81 bits per heavy atom. The van der Waals surface area contributed by atoms with Crippen molar-refractivity contribution in [2.24, 2.45) is 11.2 Å². The van der Waals surface area contributed by atoms with Crippen molar-refractivity contribution < 1.29 is 45.7 Å². The molecule has 0 saturated carbocycles. The number of alkyl halides is 3. The van der Waals surface area contributed by atoms with Gasteiger partial charge in [0, 0.05) is 12.0 Å². The molecule has 0 bridgehead atoms. The maximum Gasteiger partial charge on any atom is 0.435 e. The van der Waals surface area contributed by atoms with Crippen LogP contribution in [0.3, 0.4) is 0 Å². The molecule has 0 spiro atoms. The number of aromatic nitrogens is 2. The van der Waals surface area contributed by atoms with Crippen molar-refractivity contribution in [2.45, 2.75) is 44.3 Å². The summed E-state index contributed by atoms with van der Waals surface area (Å²) in [4.78, 5) is 28.3. The van der Waals surface area contributed by atoms with Crippen LogP contribution < -0.4 is 4.72 Å². The lowest BCUT2D eigenvalue weighted by molar-refractivity contribution is -0.729. The molecule has 1 fully saturated rings. The summed E-state index contributed by atoms with van der Waals surface area (Å²) in [6.07, 6.45) is -4.58. The van der Waals surface area contributed by atoms with Gasteiger partial charge in [0.15, 0.2) is 11.7 Å². The third-order valence-electron chi connectivity index (χ3n) is 6.34. The number of rotatable bonds is 10. The average Bonchev–Trinajstić information content (AvgIpc) is 3.37. The quantitative estimate of drug-likeness (QED) is 0.0886. The number of nitrogens with one attached hydrogen (secondary N) is 1. The van der Waals surface area contributed by atoms with E-state index in [4.69, 9.17) is 4.74 Å². The van der Waals surface area contributed by atoms with Gasteiger partial charge in [-0.15, -0.1) is 5.01 Å². The highest BCUT2D eigenvalue weighted by Gasteiger charge is 2.42. The molecule has 1 amide bonds. The number of hydrogen-bond donors (Lipinski definition) is 1. The number of carbonyl (C=O) groups is 2. The Bertz CT molecular complexity index is 1620. The molecule has 1 atom stereocenters. The highest BCUT2D eigenvalue weighted by Crippen LogP contribution is 2.33. The molecule has 2 aromatic carbocycles. The average molecular weight is 625 g/mol. The van der Waals surface area contributed by atoms with Crippen LogP contribution in [-0.4, -0.2) is 59.4 Å². The first-order valence-corrected chi connectivity index (χ1v) is 14.3. The van der Waals surface area contributed by atoms with E-state index in [-0.39, 0.29) is 34.2 Å². The number of nitrogens with zero attached hydrogens (tertiary/aromatic N) is 5. The van der Waals surface area contributed by atoms with Gasteiger partial charge in [-0.05, 0) is 37.3 Å². The number of halogens is 3. The second-order valence-corrected chi connectivity index (χ2v) is 11.5. The summed E-state index contributed by atoms with van der Waals surface area (Å²) in [6, 6.07) is 11.2. The van der Waals surface area contributed by atoms with Crippen LogP contribution in [-0.2, 0) is 35.4 Å². The summed E-state index contributed by atoms with van der Waals surface area (Å²) >= 11 is 0. The third kappa shape index (κ3) is 7.22. The second kappa shape index (κ2) is 12.3. The minimum Gasteiger partial charge on any atom is -0.569 e. The van der Waals surface area contributed by atoms with Crippen molar-refractivity contribution in [3.8, 4) is 16.9 Å². The number of carbonyl (C=O) groups excluding carboxylic acids is 2. The van der Waals surface area contributed by atoms with Gasteiger partial charge < -0.3 is 14.8 Å². The van der Waals surface area contributed by atoms with E-state index in [2.05, 4.69) is 15.2 Å². The molecule has 43 heavy (non-hydrogen) atoms.